The number of anilines is 3. The average Bonchev–Trinajstić information content (AvgIpc) is 2.74. The Bertz CT molecular complexity index is 1010. The number of pyridine rings is 1. The van der Waals surface area contributed by atoms with Gasteiger partial charge in [0.25, 0.3) is 5.91 Å². The number of carbonyl (C=O) groups is 1. The molecule has 0 aliphatic rings. The SMILES string of the molecule is COc1ccc(Nc2ccc(C(=O)Nc3ccc(C#N)cc3)cn2)cc1OC. The van der Waals surface area contributed by atoms with E-state index in [1.807, 2.05) is 12.1 Å². The molecule has 0 fully saturated rings. The fourth-order valence-corrected chi connectivity index (χ4v) is 2.50. The van der Waals surface area contributed by atoms with E-state index < -0.39 is 0 Å². The molecule has 1 amide bonds. The first-order valence-corrected chi connectivity index (χ1v) is 8.39. The summed E-state index contributed by atoms with van der Waals surface area (Å²) in [6.07, 6.45) is 1.49. The molecule has 1 heterocycles. The summed E-state index contributed by atoms with van der Waals surface area (Å²) in [6.45, 7) is 0. The van der Waals surface area contributed by atoms with Crippen LogP contribution in [0.25, 0.3) is 0 Å². The van der Waals surface area contributed by atoms with Gasteiger partial charge in [-0.25, -0.2) is 4.98 Å². The predicted molar refractivity (Wildman–Crippen MR) is 106 cm³/mol. The maximum Gasteiger partial charge on any atom is 0.257 e. The van der Waals surface area contributed by atoms with Crippen LogP contribution < -0.4 is 20.1 Å². The lowest BCUT2D eigenvalue weighted by Gasteiger charge is -2.11. The van der Waals surface area contributed by atoms with Crippen LogP contribution in [0.1, 0.15) is 15.9 Å². The van der Waals surface area contributed by atoms with Gasteiger partial charge in [0, 0.05) is 23.6 Å². The monoisotopic (exact) mass is 374 g/mol. The lowest BCUT2D eigenvalue weighted by Crippen LogP contribution is -2.12. The maximum atomic E-state index is 12.3. The Morgan fingerprint density at radius 2 is 1.68 bits per heavy atom. The van der Waals surface area contributed by atoms with E-state index in [9.17, 15) is 4.79 Å². The number of nitrogens with one attached hydrogen (secondary N) is 2. The fraction of sp³-hybridized carbons (Fsp3) is 0.0952. The number of hydrogen-bond donors (Lipinski definition) is 2. The number of nitriles is 1. The van der Waals surface area contributed by atoms with Crippen molar-refractivity contribution in [2.75, 3.05) is 24.9 Å². The normalized spacial score (nSPS) is 9.89. The van der Waals surface area contributed by atoms with E-state index in [1.54, 1.807) is 62.8 Å². The van der Waals surface area contributed by atoms with Gasteiger partial charge in [0.15, 0.2) is 11.5 Å². The van der Waals surface area contributed by atoms with Crippen molar-refractivity contribution in [3.05, 3.63) is 71.9 Å². The summed E-state index contributed by atoms with van der Waals surface area (Å²) >= 11 is 0. The van der Waals surface area contributed by atoms with Crippen LogP contribution in [0.15, 0.2) is 60.8 Å². The van der Waals surface area contributed by atoms with E-state index in [0.717, 1.165) is 5.69 Å². The number of benzene rings is 2. The zero-order chi connectivity index (χ0) is 19.9. The van der Waals surface area contributed by atoms with Crippen molar-refractivity contribution in [1.29, 1.82) is 5.26 Å². The van der Waals surface area contributed by atoms with Crippen LogP contribution in [0.5, 0.6) is 11.5 Å². The number of rotatable bonds is 6. The van der Waals surface area contributed by atoms with E-state index in [4.69, 9.17) is 14.7 Å². The number of nitrogens with zero attached hydrogens (tertiary/aromatic N) is 2. The van der Waals surface area contributed by atoms with Gasteiger partial charge in [0.1, 0.15) is 5.82 Å². The number of hydrogen-bond acceptors (Lipinski definition) is 6. The van der Waals surface area contributed by atoms with Crippen LogP contribution in [-0.2, 0) is 0 Å². The highest BCUT2D eigenvalue weighted by Gasteiger charge is 2.08. The third-order valence-electron chi connectivity index (χ3n) is 3.95. The summed E-state index contributed by atoms with van der Waals surface area (Å²) in [5, 5.41) is 14.7. The van der Waals surface area contributed by atoms with Crippen molar-refractivity contribution in [2.45, 2.75) is 0 Å². The first-order valence-electron chi connectivity index (χ1n) is 8.39. The first kappa shape index (κ1) is 18.7. The standard InChI is InChI=1S/C21H18N4O3/c1-27-18-9-8-17(11-19(18)28-2)24-20-10-5-15(13-23-20)21(26)25-16-6-3-14(12-22)4-7-16/h3-11,13H,1-2H3,(H,23,24)(H,25,26). The van der Waals surface area contributed by atoms with E-state index in [1.165, 1.54) is 6.20 Å². The van der Waals surface area contributed by atoms with Gasteiger partial charge >= 0.3 is 0 Å². The van der Waals surface area contributed by atoms with E-state index in [2.05, 4.69) is 15.6 Å². The summed E-state index contributed by atoms with van der Waals surface area (Å²) < 4.78 is 10.5. The summed E-state index contributed by atoms with van der Waals surface area (Å²) in [6, 6.07) is 17.5. The first-order chi connectivity index (χ1) is 13.6. The van der Waals surface area contributed by atoms with Crippen molar-refractivity contribution in [3.63, 3.8) is 0 Å². The van der Waals surface area contributed by atoms with Crippen molar-refractivity contribution < 1.29 is 14.3 Å². The molecule has 0 atom stereocenters. The van der Waals surface area contributed by atoms with Crippen LogP contribution in [0.2, 0.25) is 0 Å². The minimum atomic E-state index is -0.283. The molecule has 1 aromatic heterocycles. The van der Waals surface area contributed by atoms with Gasteiger partial charge in [-0.3, -0.25) is 4.79 Å². The van der Waals surface area contributed by atoms with Crippen LogP contribution >= 0.6 is 0 Å². The molecule has 0 aliphatic heterocycles. The molecule has 0 radical (unpaired) electrons. The van der Waals surface area contributed by atoms with Gasteiger partial charge in [-0.1, -0.05) is 0 Å². The van der Waals surface area contributed by atoms with E-state index >= 15 is 0 Å². The third kappa shape index (κ3) is 4.37. The molecule has 0 spiro atoms. The van der Waals surface area contributed by atoms with Gasteiger partial charge in [-0.15, -0.1) is 0 Å². The number of methoxy groups -OCH3 is 2. The molecule has 0 saturated carbocycles. The van der Waals surface area contributed by atoms with Gasteiger partial charge in [-0.2, -0.15) is 5.26 Å². The van der Waals surface area contributed by atoms with Crippen LogP contribution in [-0.4, -0.2) is 25.1 Å². The van der Waals surface area contributed by atoms with Crippen LogP contribution in [0.4, 0.5) is 17.2 Å². The minimum Gasteiger partial charge on any atom is -0.493 e. The molecule has 7 heteroatoms. The average molecular weight is 374 g/mol. The maximum absolute atomic E-state index is 12.3. The van der Waals surface area contributed by atoms with Crippen molar-refractivity contribution in [1.82, 2.24) is 4.98 Å². The molecule has 0 aliphatic carbocycles. The Labute approximate surface area is 162 Å². The Balaban J connectivity index is 1.67. The molecule has 2 aromatic carbocycles. The molecule has 28 heavy (non-hydrogen) atoms. The topological polar surface area (TPSA) is 96.3 Å². The molecule has 2 N–H and O–H groups in total. The molecule has 140 valence electrons. The second-order valence-corrected chi connectivity index (χ2v) is 5.77. The molecular weight excluding hydrogens is 356 g/mol. The molecular formula is C21H18N4O3. The summed E-state index contributed by atoms with van der Waals surface area (Å²) in [5.74, 6) is 1.54. The zero-order valence-corrected chi connectivity index (χ0v) is 15.4. The van der Waals surface area contributed by atoms with Gasteiger partial charge in [0.2, 0.25) is 0 Å². The van der Waals surface area contributed by atoms with Gasteiger partial charge < -0.3 is 20.1 Å². The van der Waals surface area contributed by atoms with Crippen LogP contribution in [0.3, 0.4) is 0 Å². The Kier molecular flexibility index (Phi) is 5.72. The molecule has 7 nitrogen and oxygen atoms in total. The third-order valence-corrected chi connectivity index (χ3v) is 3.95. The summed E-state index contributed by atoms with van der Waals surface area (Å²) in [5.41, 5.74) is 2.34. The number of aromatic nitrogens is 1. The molecule has 0 saturated heterocycles. The molecule has 0 unspecified atom stereocenters. The zero-order valence-electron chi connectivity index (χ0n) is 15.4. The van der Waals surface area contributed by atoms with Gasteiger partial charge in [-0.05, 0) is 48.5 Å². The Morgan fingerprint density at radius 1 is 0.964 bits per heavy atom. The summed E-state index contributed by atoms with van der Waals surface area (Å²) in [4.78, 5) is 16.6. The predicted octanol–water partition coefficient (Wildman–Crippen LogP) is 3.97. The van der Waals surface area contributed by atoms with E-state index in [-0.39, 0.29) is 5.91 Å². The number of amides is 1. The highest BCUT2D eigenvalue weighted by atomic mass is 16.5. The smallest absolute Gasteiger partial charge is 0.257 e. The lowest BCUT2D eigenvalue weighted by atomic mass is 10.2. The quantitative estimate of drug-likeness (QED) is 0.678. The Hall–Kier alpha value is -4.05. The molecule has 3 rings (SSSR count). The second-order valence-electron chi connectivity index (χ2n) is 5.77. The minimum absolute atomic E-state index is 0.283. The molecule has 3 aromatic rings. The number of carbonyl (C=O) groups excluding carboxylic acids is 1. The largest absolute Gasteiger partial charge is 0.493 e. The number of ether oxygens (including phenoxy) is 2. The molecule has 0 bridgehead atoms. The fourth-order valence-electron chi connectivity index (χ4n) is 2.50. The highest BCUT2D eigenvalue weighted by Crippen LogP contribution is 2.30. The van der Waals surface area contributed by atoms with Crippen molar-refractivity contribution in [2.24, 2.45) is 0 Å². The Morgan fingerprint density at radius 3 is 2.29 bits per heavy atom. The highest BCUT2D eigenvalue weighted by molar-refractivity contribution is 6.04. The van der Waals surface area contributed by atoms with Gasteiger partial charge in [0.05, 0.1) is 31.4 Å². The van der Waals surface area contributed by atoms with E-state index in [0.29, 0.717) is 34.1 Å². The van der Waals surface area contributed by atoms with Crippen molar-refractivity contribution in [3.8, 4) is 17.6 Å². The van der Waals surface area contributed by atoms with Crippen LogP contribution in [0, 0.1) is 11.3 Å². The lowest BCUT2D eigenvalue weighted by molar-refractivity contribution is 0.102. The second kappa shape index (κ2) is 8.56. The summed E-state index contributed by atoms with van der Waals surface area (Å²) in [7, 11) is 3.15. The van der Waals surface area contributed by atoms with Crippen molar-refractivity contribution >= 4 is 23.1 Å².